The summed E-state index contributed by atoms with van der Waals surface area (Å²) in [5.74, 6) is 0.473. The molecule has 5 heteroatoms. The fraction of sp³-hybridized carbons (Fsp3) is 0.342. The molecule has 0 saturated heterocycles. The van der Waals surface area contributed by atoms with Gasteiger partial charge in [-0.1, -0.05) is 85.8 Å². The molecular weight excluding hydrogens is 534 g/mol. The first-order valence-corrected chi connectivity index (χ1v) is 15.4. The highest BCUT2D eigenvalue weighted by Gasteiger charge is 2.27. The van der Waals surface area contributed by atoms with Gasteiger partial charge in [0.25, 0.3) is 0 Å². The van der Waals surface area contributed by atoms with Gasteiger partial charge in [-0.05, 0) is 89.9 Å². The highest BCUT2D eigenvalue weighted by molar-refractivity contribution is 5.75. The van der Waals surface area contributed by atoms with Gasteiger partial charge in [0.15, 0.2) is 6.10 Å². The van der Waals surface area contributed by atoms with Gasteiger partial charge >= 0.3 is 5.97 Å². The van der Waals surface area contributed by atoms with Crippen LogP contribution < -0.4 is 4.74 Å². The van der Waals surface area contributed by atoms with E-state index in [1.165, 1.54) is 46.1 Å². The van der Waals surface area contributed by atoms with E-state index in [4.69, 9.17) is 14.2 Å². The summed E-state index contributed by atoms with van der Waals surface area (Å²) >= 11 is 0. The molecule has 1 aliphatic rings. The maximum absolute atomic E-state index is 12.1. The van der Waals surface area contributed by atoms with Crippen LogP contribution in [0.5, 0.6) is 5.75 Å². The molecule has 0 saturated carbocycles. The minimum absolute atomic E-state index is 0.156. The Balaban J connectivity index is 1.31. The van der Waals surface area contributed by atoms with E-state index >= 15 is 0 Å². The standard InChI is InChI=1S/C38H43NO4/c1-5-27-14-20-34-31(24-27)15-16-32-26-30(29-10-8-7-9-11-29)17-21-35(32)37(34)39(3)22-23-43-33-18-12-28(13-19-33)25-36(41-4)38(40)42-6-2/h7-14,17-21,24,26,36-37H,5-6,15-16,22-23,25H2,1-4H3. The number of benzene rings is 4. The summed E-state index contributed by atoms with van der Waals surface area (Å²) in [6, 6.07) is 32.7. The topological polar surface area (TPSA) is 48.0 Å². The Bertz CT molecular complexity index is 1500. The molecule has 0 heterocycles. The van der Waals surface area contributed by atoms with Crippen LogP contribution in [0.4, 0.5) is 0 Å². The van der Waals surface area contributed by atoms with Crippen molar-refractivity contribution >= 4 is 5.97 Å². The molecule has 224 valence electrons. The Morgan fingerprint density at radius 3 is 2.19 bits per heavy atom. The Labute approximate surface area is 256 Å². The lowest BCUT2D eigenvalue weighted by molar-refractivity contribution is -0.154. The molecule has 0 radical (unpaired) electrons. The van der Waals surface area contributed by atoms with Crippen molar-refractivity contribution in [3.8, 4) is 16.9 Å². The van der Waals surface area contributed by atoms with Crippen LogP contribution in [-0.4, -0.2) is 50.9 Å². The summed E-state index contributed by atoms with van der Waals surface area (Å²) < 4.78 is 16.6. The van der Waals surface area contributed by atoms with Gasteiger partial charge in [-0.3, -0.25) is 4.90 Å². The summed E-state index contributed by atoms with van der Waals surface area (Å²) in [5, 5.41) is 0. The van der Waals surface area contributed by atoms with E-state index in [0.29, 0.717) is 19.6 Å². The van der Waals surface area contributed by atoms with Crippen molar-refractivity contribution in [3.05, 3.63) is 124 Å². The average Bonchev–Trinajstić information content (AvgIpc) is 3.20. The average molecular weight is 578 g/mol. The number of carbonyl (C=O) groups is 1. The Kier molecular flexibility index (Phi) is 10.3. The first kappa shape index (κ1) is 30.5. The predicted octanol–water partition coefficient (Wildman–Crippen LogP) is 7.24. The van der Waals surface area contributed by atoms with Crippen molar-refractivity contribution < 1.29 is 19.0 Å². The molecule has 0 bridgehead atoms. The van der Waals surface area contributed by atoms with Gasteiger partial charge in [-0.25, -0.2) is 4.79 Å². The number of esters is 1. The molecular formula is C38H43NO4. The van der Waals surface area contributed by atoms with Crippen LogP contribution in [0.25, 0.3) is 11.1 Å². The van der Waals surface area contributed by atoms with Crippen molar-refractivity contribution in [3.63, 3.8) is 0 Å². The number of rotatable bonds is 12. The summed E-state index contributed by atoms with van der Waals surface area (Å²) in [6.07, 6.45) is 2.97. The molecule has 2 unspecified atom stereocenters. The van der Waals surface area contributed by atoms with Crippen LogP contribution in [-0.2, 0) is 40.0 Å². The van der Waals surface area contributed by atoms with Crippen LogP contribution in [0.2, 0.25) is 0 Å². The van der Waals surface area contributed by atoms with E-state index in [9.17, 15) is 4.79 Å². The Morgan fingerprint density at radius 1 is 0.837 bits per heavy atom. The van der Waals surface area contributed by atoms with E-state index in [1.807, 2.05) is 24.3 Å². The first-order valence-electron chi connectivity index (χ1n) is 15.4. The molecule has 0 aromatic heterocycles. The number of hydrogen-bond acceptors (Lipinski definition) is 5. The number of aryl methyl sites for hydroxylation is 3. The quantitative estimate of drug-likeness (QED) is 0.166. The molecule has 0 aliphatic heterocycles. The van der Waals surface area contributed by atoms with E-state index in [-0.39, 0.29) is 12.0 Å². The van der Waals surface area contributed by atoms with Crippen molar-refractivity contribution in [2.75, 3.05) is 33.9 Å². The second-order valence-electron chi connectivity index (χ2n) is 11.2. The lowest BCUT2D eigenvalue weighted by atomic mass is 9.90. The molecule has 4 aromatic rings. The number of methoxy groups -OCH3 is 1. The summed E-state index contributed by atoms with van der Waals surface area (Å²) in [7, 11) is 3.74. The van der Waals surface area contributed by atoms with Gasteiger partial charge in [-0.2, -0.15) is 0 Å². The summed E-state index contributed by atoms with van der Waals surface area (Å²) in [4.78, 5) is 14.5. The minimum Gasteiger partial charge on any atom is -0.492 e. The number of likely N-dealkylation sites (N-methyl/N-ethyl adjacent to an activating group) is 1. The zero-order valence-corrected chi connectivity index (χ0v) is 25.8. The van der Waals surface area contributed by atoms with Crippen molar-refractivity contribution in [1.82, 2.24) is 4.90 Å². The second-order valence-corrected chi connectivity index (χ2v) is 11.2. The van der Waals surface area contributed by atoms with Crippen molar-refractivity contribution in [1.29, 1.82) is 0 Å². The molecule has 43 heavy (non-hydrogen) atoms. The van der Waals surface area contributed by atoms with Crippen LogP contribution >= 0.6 is 0 Å². The zero-order valence-electron chi connectivity index (χ0n) is 25.8. The molecule has 1 aliphatic carbocycles. The van der Waals surface area contributed by atoms with Crippen LogP contribution in [0.15, 0.2) is 91.0 Å². The fourth-order valence-electron chi connectivity index (χ4n) is 6.04. The second kappa shape index (κ2) is 14.5. The maximum atomic E-state index is 12.1. The lowest BCUT2D eigenvalue weighted by Crippen LogP contribution is -2.30. The first-order chi connectivity index (χ1) is 21.0. The highest BCUT2D eigenvalue weighted by Crippen LogP contribution is 2.38. The Hall–Kier alpha value is -3.93. The van der Waals surface area contributed by atoms with E-state index in [1.54, 1.807) is 6.92 Å². The molecule has 5 nitrogen and oxygen atoms in total. The normalized spacial score (nSPS) is 14.9. The number of nitrogens with zero attached hydrogens (tertiary/aromatic N) is 1. The monoisotopic (exact) mass is 577 g/mol. The maximum Gasteiger partial charge on any atom is 0.335 e. The molecule has 2 atom stereocenters. The smallest absolute Gasteiger partial charge is 0.335 e. The molecule has 4 aromatic carbocycles. The SMILES string of the molecule is CCOC(=O)C(Cc1ccc(OCCN(C)C2c3ccc(CC)cc3CCc3cc(-c4ccccc4)ccc32)cc1)OC. The fourth-order valence-corrected chi connectivity index (χ4v) is 6.04. The molecule has 5 rings (SSSR count). The summed E-state index contributed by atoms with van der Waals surface area (Å²) in [6.45, 7) is 5.70. The van der Waals surface area contributed by atoms with E-state index in [2.05, 4.69) is 85.6 Å². The van der Waals surface area contributed by atoms with Crippen molar-refractivity contribution in [2.24, 2.45) is 0 Å². The van der Waals surface area contributed by atoms with Crippen LogP contribution in [0, 0.1) is 0 Å². The molecule has 0 spiro atoms. The predicted molar refractivity (Wildman–Crippen MR) is 173 cm³/mol. The van der Waals surface area contributed by atoms with E-state index in [0.717, 1.165) is 37.1 Å². The van der Waals surface area contributed by atoms with Gasteiger partial charge in [0, 0.05) is 20.1 Å². The number of hydrogen-bond donors (Lipinski definition) is 0. The lowest BCUT2D eigenvalue weighted by Gasteiger charge is -2.31. The number of ether oxygens (including phenoxy) is 3. The third-order valence-corrected chi connectivity index (χ3v) is 8.45. The van der Waals surface area contributed by atoms with Gasteiger partial charge in [0.1, 0.15) is 12.4 Å². The van der Waals surface area contributed by atoms with Gasteiger partial charge in [0.2, 0.25) is 0 Å². The molecule has 0 fully saturated rings. The third-order valence-electron chi connectivity index (χ3n) is 8.45. The van der Waals surface area contributed by atoms with Crippen molar-refractivity contribution in [2.45, 2.75) is 51.7 Å². The van der Waals surface area contributed by atoms with E-state index < -0.39 is 6.10 Å². The van der Waals surface area contributed by atoms with Gasteiger partial charge < -0.3 is 14.2 Å². The Morgan fingerprint density at radius 2 is 1.51 bits per heavy atom. The van der Waals surface area contributed by atoms with Crippen LogP contribution in [0.1, 0.15) is 53.3 Å². The van der Waals surface area contributed by atoms with Gasteiger partial charge in [-0.15, -0.1) is 0 Å². The third kappa shape index (κ3) is 7.35. The van der Waals surface area contributed by atoms with Gasteiger partial charge in [0.05, 0.1) is 12.6 Å². The molecule has 0 amide bonds. The summed E-state index contributed by atoms with van der Waals surface area (Å²) in [5.41, 5.74) is 10.5. The minimum atomic E-state index is -0.608. The highest BCUT2D eigenvalue weighted by atomic mass is 16.6. The molecule has 0 N–H and O–H groups in total. The zero-order chi connectivity index (χ0) is 30.2. The largest absolute Gasteiger partial charge is 0.492 e. The van der Waals surface area contributed by atoms with Crippen LogP contribution in [0.3, 0.4) is 0 Å². The number of carbonyl (C=O) groups excluding carboxylic acids is 1. The number of fused-ring (bicyclic) bond motifs is 2.